The van der Waals surface area contributed by atoms with Crippen LogP contribution in [0.5, 0.6) is 0 Å². The number of hydrogen-bond donors (Lipinski definition) is 2. The molecule has 5 nitrogen and oxygen atoms in total. The standard InChI is InChI=1S/C23H29N3O2/c1-16(28)26(20-6-2-3-7-20)14-21-23(22(15-27)25-21)18-10-8-17(9-11-18)19-5-4-12-24-13-19/h4-5,8-13,20-23,25,27H,2-3,6-7,14-15H2,1H3/t21-,22-,23+/m1/s1. The SMILES string of the molecule is CC(=O)N(C[C@H]1N[C@H](CO)[C@H]1c1ccc(-c2cccnc2)cc1)C1CCCC1. The van der Waals surface area contributed by atoms with Crippen LogP contribution in [0.25, 0.3) is 11.1 Å². The Bertz CT molecular complexity index is 787. The lowest BCUT2D eigenvalue weighted by Gasteiger charge is -2.48. The van der Waals surface area contributed by atoms with E-state index in [1.165, 1.54) is 18.4 Å². The third-order valence-corrected chi connectivity index (χ3v) is 6.35. The monoisotopic (exact) mass is 379 g/mol. The first kappa shape index (κ1) is 19.1. The molecule has 5 heteroatoms. The average molecular weight is 380 g/mol. The second kappa shape index (κ2) is 8.41. The zero-order chi connectivity index (χ0) is 19.5. The minimum atomic E-state index is 0.0478. The Morgan fingerprint density at radius 2 is 1.89 bits per heavy atom. The molecule has 2 N–H and O–H groups in total. The molecule has 2 heterocycles. The van der Waals surface area contributed by atoms with Gasteiger partial charge in [0.05, 0.1) is 6.61 Å². The molecular weight excluding hydrogens is 350 g/mol. The van der Waals surface area contributed by atoms with Crippen LogP contribution in [0.2, 0.25) is 0 Å². The zero-order valence-electron chi connectivity index (χ0n) is 16.4. The van der Waals surface area contributed by atoms with Crippen LogP contribution in [0.1, 0.15) is 44.1 Å². The maximum absolute atomic E-state index is 12.2. The molecule has 1 saturated heterocycles. The van der Waals surface area contributed by atoms with Crippen LogP contribution in [-0.2, 0) is 4.79 Å². The lowest BCUT2D eigenvalue weighted by atomic mass is 9.77. The zero-order valence-corrected chi connectivity index (χ0v) is 16.4. The van der Waals surface area contributed by atoms with Crippen LogP contribution in [0.15, 0.2) is 48.8 Å². The minimum absolute atomic E-state index is 0.0478. The van der Waals surface area contributed by atoms with Gasteiger partial charge >= 0.3 is 0 Å². The molecule has 0 spiro atoms. The van der Waals surface area contributed by atoms with Crippen molar-refractivity contribution >= 4 is 5.91 Å². The molecule has 3 atom stereocenters. The summed E-state index contributed by atoms with van der Waals surface area (Å²) in [5.41, 5.74) is 3.45. The van der Waals surface area contributed by atoms with Gasteiger partial charge in [-0.3, -0.25) is 9.78 Å². The van der Waals surface area contributed by atoms with Gasteiger partial charge in [-0.15, -0.1) is 0 Å². The van der Waals surface area contributed by atoms with Crippen molar-refractivity contribution in [2.75, 3.05) is 13.2 Å². The summed E-state index contributed by atoms with van der Waals surface area (Å²) < 4.78 is 0. The van der Waals surface area contributed by atoms with Gasteiger partial charge in [-0.25, -0.2) is 0 Å². The Balaban J connectivity index is 1.50. The normalized spacial score (nSPS) is 24.7. The number of carbonyl (C=O) groups excluding carboxylic acids is 1. The number of aliphatic hydroxyl groups excluding tert-OH is 1. The largest absolute Gasteiger partial charge is 0.395 e. The molecule has 2 aliphatic rings. The summed E-state index contributed by atoms with van der Waals surface area (Å²) in [5, 5.41) is 13.3. The summed E-state index contributed by atoms with van der Waals surface area (Å²) in [6.07, 6.45) is 8.29. The number of amides is 1. The fourth-order valence-electron chi connectivity index (χ4n) is 4.84. The van der Waals surface area contributed by atoms with Crippen molar-refractivity contribution in [2.45, 2.75) is 56.7 Å². The molecule has 1 saturated carbocycles. The Morgan fingerprint density at radius 1 is 1.14 bits per heavy atom. The highest BCUT2D eigenvalue weighted by atomic mass is 16.3. The van der Waals surface area contributed by atoms with Crippen molar-refractivity contribution in [1.82, 2.24) is 15.2 Å². The van der Waals surface area contributed by atoms with E-state index in [9.17, 15) is 9.90 Å². The summed E-state index contributed by atoms with van der Waals surface area (Å²) in [4.78, 5) is 18.5. The molecule has 28 heavy (non-hydrogen) atoms. The Kier molecular flexibility index (Phi) is 5.74. The van der Waals surface area contributed by atoms with E-state index < -0.39 is 0 Å². The Morgan fingerprint density at radius 3 is 2.50 bits per heavy atom. The van der Waals surface area contributed by atoms with E-state index in [2.05, 4.69) is 45.5 Å². The van der Waals surface area contributed by atoms with Crippen LogP contribution in [0.3, 0.4) is 0 Å². The topological polar surface area (TPSA) is 65.5 Å². The molecule has 1 amide bonds. The van der Waals surface area contributed by atoms with E-state index in [1.807, 2.05) is 12.3 Å². The van der Waals surface area contributed by atoms with Gasteiger partial charge in [0.2, 0.25) is 5.91 Å². The van der Waals surface area contributed by atoms with Crippen molar-refractivity contribution in [2.24, 2.45) is 0 Å². The van der Waals surface area contributed by atoms with Gasteiger partial charge < -0.3 is 15.3 Å². The number of hydrogen-bond acceptors (Lipinski definition) is 4. The summed E-state index contributed by atoms with van der Waals surface area (Å²) in [6.45, 7) is 2.50. The third kappa shape index (κ3) is 3.82. The van der Waals surface area contributed by atoms with Crippen molar-refractivity contribution in [3.05, 3.63) is 54.4 Å². The highest BCUT2D eigenvalue weighted by Crippen LogP contribution is 2.35. The number of carbonyl (C=O) groups is 1. The van der Waals surface area contributed by atoms with Gasteiger partial charge in [0, 0.05) is 49.9 Å². The molecule has 0 bridgehead atoms. The first-order chi connectivity index (χ1) is 13.7. The third-order valence-electron chi connectivity index (χ3n) is 6.35. The van der Waals surface area contributed by atoms with Gasteiger partial charge in [-0.2, -0.15) is 0 Å². The molecule has 0 radical (unpaired) electrons. The van der Waals surface area contributed by atoms with E-state index in [-0.39, 0.29) is 30.5 Å². The predicted octanol–water partition coefficient (Wildman–Crippen LogP) is 2.96. The molecular formula is C23H29N3O2. The molecule has 1 aromatic carbocycles. The molecule has 4 rings (SSSR count). The van der Waals surface area contributed by atoms with Crippen LogP contribution >= 0.6 is 0 Å². The molecule has 1 aliphatic carbocycles. The number of aliphatic hydroxyl groups is 1. The van der Waals surface area contributed by atoms with Crippen LogP contribution in [0, 0.1) is 0 Å². The molecule has 2 aromatic rings. The lowest BCUT2D eigenvalue weighted by Crippen LogP contribution is -2.65. The first-order valence-electron chi connectivity index (χ1n) is 10.3. The number of aromatic nitrogens is 1. The quantitative estimate of drug-likeness (QED) is 0.810. The second-order valence-electron chi connectivity index (χ2n) is 8.06. The maximum Gasteiger partial charge on any atom is 0.219 e. The average Bonchev–Trinajstić information content (AvgIpc) is 3.23. The lowest BCUT2D eigenvalue weighted by molar-refractivity contribution is -0.132. The maximum atomic E-state index is 12.2. The van der Waals surface area contributed by atoms with Crippen molar-refractivity contribution in [3.63, 3.8) is 0 Å². The number of nitrogens with zero attached hydrogens (tertiary/aromatic N) is 2. The predicted molar refractivity (Wildman–Crippen MR) is 110 cm³/mol. The number of nitrogens with one attached hydrogen (secondary N) is 1. The first-order valence-corrected chi connectivity index (χ1v) is 10.3. The summed E-state index contributed by atoms with van der Waals surface area (Å²) in [6, 6.07) is 13.1. The fraction of sp³-hybridized carbons (Fsp3) is 0.478. The highest BCUT2D eigenvalue weighted by Gasteiger charge is 2.43. The van der Waals surface area contributed by atoms with Crippen molar-refractivity contribution in [1.29, 1.82) is 0 Å². The smallest absolute Gasteiger partial charge is 0.219 e. The van der Waals surface area contributed by atoms with Gasteiger partial charge in [0.15, 0.2) is 0 Å². The second-order valence-corrected chi connectivity index (χ2v) is 8.06. The van der Waals surface area contributed by atoms with Crippen molar-refractivity contribution in [3.8, 4) is 11.1 Å². The fourth-order valence-corrected chi connectivity index (χ4v) is 4.84. The number of pyridine rings is 1. The summed E-state index contributed by atoms with van der Waals surface area (Å²) in [5.74, 6) is 0.378. The van der Waals surface area contributed by atoms with Crippen LogP contribution in [0.4, 0.5) is 0 Å². The van der Waals surface area contributed by atoms with Gasteiger partial charge in [-0.05, 0) is 35.6 Å². The summed E-state index contributed by atoms with van der Waals surface area (Å²) in [7, 11) is 0. The number of benzene rings is 1. The van der Waals surface area contributed by atoms with Gasteiger partial charge in [0.1, 0.15) is 0 Å². The molecule has 2 fully saturated rings. The number of rotatable bonds is 6. The van der Waals surface area contributed by atoms with E-state index in [4.69, 9.17) is 0 Å². The van der Waals surface area contributed by atoms with E-state index in [0.29, 0.717) is 12.6 Å². The Hall–Kier alpha value is -2.24. The van der Waals surface area contributed by atoms with E-state index >= 15 is 0 Å². The van der Waals surface area contributed by atoms with Crippen molar-refractivity contribution < 1.29 is 9.90 Å². The van der Waals surface area contributed by atoms with Gasteiger partial charge in [0.25, 0.3) is 0 Å². The van der Waals surface area contributed by atoms with E-state index in [0.717, 1.165) is 24.0 Å². The highest BCUT2D eigenvalue weighted by molar-refractivity contribution is 5.73. The van der Waals surface area contributed by atoms with Crippen LogP contribution in [-0.4, -0.2) is 52.2 Å². The Labute approximate surface area is 166 Å². The van der Waals surface area contributed by atoms with E-state index in [1.54, 1.807) is 13.1 Å². The van der Waals surface area contributed by atoms with Crippen LogP contribution < -0.4 is 5.32 Å². The minimum Gasteiger partial charge on any atom is -0.395 e. The molecule has 1 aromatic heterocycles. The molecule has 148 valence electrons. The van der Waals surface area contributed by atoms with Gasteiger partial charge in [-0.1, -0.05) is 43.2 Å². The summed E-state index contributed by atoms with van der Waals surface area (Å²) >= 11 is 0. The molecule has 1 aliphatic heterocycles. The molecule has 0 unspecified atom stereocenters.